The Morgan fingerprint density at radius 3 is 2.91 bits per heavy atom. The molecule has 2 aliphatic heterocycles. The highest BCUT2D eigenvalue weighted by Gasteiger charge is 2.20. The first-order chi connectivity index (χ1) is 11.3. The Balaban J connectivity index is 1.54. The first-order valence-electron chi connectivity index (χ1n) is 7.78. The molecule has 116 valence electrons. The summed E-state index contributed by atoms with van der Waals surface area (Å²) in [7, 11) is 0. The number of anilines is 1. The van der Waals surface area contributed by atoms with Gasteiger partial charge in [0, 0.05) is 18.3 Å². The maximum absolute atomic E-state index is 12.6. The van der Waals surface area contributed by atoms with Crippen LogP contribution in [0.3, 0.4) is 0 Å². The van der Waals surface area contributed by atoms with E-state index in [0.717, 1.165) is 42.1 Å². The number of amides is 1. The molecule has 4 rings (SSSR count). The number of fused-ring (bicyclic) bond motifs is 2. The third-order valence-electron chi connectivity index (χ3n) is 4.19. The van der Waals surface area contributed by atoms with Crippen LogP contribution in [-0.2, 0) is 11.2 Å². The maximum atomic E-state index is 12.6. The number of hydrogen-bond donors (Lipinski definition) is 0. The van der Waals surface area contributed by atoms with Gasteiger partial charge in [0.2, 0.25) is 6.79 Å². The molecule has 4 heteroatoms. The van der Waals surface area contributed by atoms with E-state index in [1.54, 1.807) is 6.08 Å². The van der Waals surface area contributed by atoms with Gasteiger partial charge >= 0.3 is 0 Å². The van der Waals surface area contributed by atoms with Gasteiger partial charge in [-0.15, -0.1) is 0 Å². The van der Waals surface area contributed by atoms with Gasteiger partial charge in [-0.25, -0.2) is 0 Å². The summed E-state index contributed by atoms with van der Waals surface area (Å²) >= 11 is 0. The second kappa shape index (κ2) is 5.80. The van der Waals surface area contributed by atoms with E-state index in [-0.39, 0.29) is 12.7 Å². The molecule has 23 heavy (non-hydrogen) atoms. The lowest BCUT2D eigenvalue weighted by Crippen LogP contribution is -2.34. The summed E-state index contributed by atoms with van der Waals surface area (Å²) in [4.78, 5) is 14.4. The Morgan fingerprint density at radius 2 is 1.96 bits per heavy atom. The van der Waals surface area contributed by atoms with Gasteiger partial charge in [0.05, 0.1) is 0 Å². The monoisotopic (exact) mass is 307 g/mol. The minimum Gasteiger partial charge on any atom is -0.454 e. The Bertz CT molecular complexity index is 782. The highest BCUT2D eigenvalue weighted by molar-refractivity contribution is 6.04. The van der Waals surface area contributed by atoms with Crippen LogP contribution in [0.4, 0.5) is 5.69 Å². The number of benzene rings is 2. The zero-order valence-electron chi connectivity index (χ0n) is 12.7. The Kier molecular flexibility index (Phi) is 3.50. The van der Waals surface area contributed by atoms with Crippen molar-refractivity contribution in [3.05, 3.63) is 59.7 Å². The molecule has 1 amide bonds. The highest BCUT2D eigenvalue weighted by Crippen LogP contribution is 2.33. The molecule has 0 atom stereocenters. The zero-order chi connectivity index (χ0) is 15.6. The number of aryl methyl sites for hydroxylation is 1. The normalized spacial score (nSPS) is 15.7. The van der Waals surface area contributed by atoms with Crippen LogP contribution in [0.25, 0.3) is 6.08 Å². The van der Waals surface area contributed by atoms with E-state index in [9.17, 15) is 4.79 Å². The van der Waals surface area contributed by atoms with Gasteiger partial charge in [-0.3, -0.25) is 4.79 Å². The number of nitrogens with zero attached hydrogens (tertiary/aromatic N) is 1. The Morgan fingerprint density at radius 1 is 1.09 bits per heavy atom. The predicted molar refractivity (Wildman–Crippen MR) is 88.7 cm³/mol. The molecular weight excluding hydrogens is 290 g/mol. The van der Waals surface area contributed by atoms with Crippen molar-refractivity contribution in [3.63, 3.8) is 0 Å². The standard InChI is InChI=1S/C19H17NO3/c21-19(20-11-3-5-15-4-1-2-6-16(15)20)10-8-14-7-9-17-18(12-14)23-13-22-17/h1-2,4,6-10,12H,3,5,11,13H2. The Labute approximate surface area is 134 Å². The summed E-state index contributed by atoms with van der Waals surface area (Å²) in [5.41, 5.74) is 3.19. The van der Waals surface area contributed by atoms with Crippen LogP contribution < -0.4 is 14.4 Å². The number of para-hydroxylation sites is 1. The molecule has 0 radical (unpaired) electrons. The highest BCUT2D eigenvalue weighted by atomic mass is 16.7. The molecule has 0 saturated heterocycles. The van der Waals surface area contributed by atoms with Crippen molar-refractivity contribution in [2.75, 3.05) is 18.2 Å². The molecule has 0 saturated carbocycles. The quantitative estimate of drug-likeness (QED) is 0.798. The van der Waals surface area contributed by atoms with Crippen molar-refractivity contribution in [2.24, 2.45) is 0 Å². The van der Waals surface area contributed by atoms with E-state index >= 15 is 0 Å². The molecule has 0 aliphatic carbocycles. The van der Waals surface area contributed by atoms with Crippen LogP contribution in [0.2, 0.25) is 0 Å². The second-order valence-electron chi connectivity index (χ2n) is 5.67. The lowest BCUT2D eigenvalue weighted by molar-refractivity contribution is -0.114. The van der Waals surface area contributed by atoms with Crippen LogP contribution in [0.1, 0.15) is 17.5 Å². The van der Waals surface area contributed by atoms with Crippen LogP contribution in [0, 0.1) is 0 Å². The topological polar surface area (TPSA) is 38.8 Å². The summed E-state index contributed by atoms with van der Waals surface area (Å²) in [6.45, 7) is 1.02. The molecule has 0 spiro atoms. The molecule has 2 aromatic carbocycles. The molecule has 2 heterocycles. The number of carbonyl (C=O) groups is 1. The van der Waals surface area contributed by atoms with E-state index < -0.39 is 0 Å². The molecule has 0 aromatic heterocycles. The van der Waals surface area contributed by atoms with E-state index in [0.29, 0.717) is 0 Å². The largest absolute Gasteiger partial charge is 0.454 e. The van der Waals surface area contributed by atoms with Gasteiger partial charge in [-0.05, 0) is 48.2 Å². The predicted octanol–water partition coefficient (Wildman–Crippen LogP) is 3.41. The SMILES string of the molecule is O=C(C=Cc1ccc2c(c1)OCO2)N1CCCc2ccccc21. The van der Waals surface area contributed by atoms with Gasteiger partial charge in [-0.2, -0.15) is 0 Å². The van der Waals surface area contributed by atoms with Gasteiger partial charge in [0.25, 0.3) is 5.91 Å². The average molecular weight is 307 g/mol. The van der Waals surface area contributed by atoms with Crippen molar-refractivity contribution < 1.29 is 14.3 Å². The summed E-state index contributed by atoms with van der Waals surface area (Å²) in [6, 6.07) is 13.8. The summed E-state index contributed by atoms with van der Waals surface area (Å²) < 4.78 is 10.6. The minimum absolute atomic E-state index is 0.00909. The number of hydrogen-bond acceptors (Lipinski definition) is 3. The Hall–Kier alpha value is -2.75. The van der Waals surface area contributed by atoms with Gasteiger partial charge in [0.1, 0.15) is 0 Å². The van der Waals surface area contributed by atoms with Crippen molar-refractivity contribution in [3.8, 4) is 11.5 Å². The minimum atomic E-state index is 0.00909. The third-order valence-corrected chi connectivity index (χ3v) is 4.19. The van der Waals surface area contributed by atoms with E-state index in [1.165, 1.54) is 5.56 Å². The first-order valence-corrected chi connectivity index (χ1v) is 7.78. The van der Waals surface area contributed by atoms with Gasteiger partial charge in [-0.1, -0.05) is 24.3 Å². The maximum Gasteiger partial charge on any atom is 0.250 e. The molecule has 0 fully saturated rings. The van der Waals surface area contributed by atoms with E-state index in [1.807, 2.05) is 47.4 Å². The lowest BCUT2D eigenvalue weighted by Gasteiger charge is -2.28. The van der Waals surface area contributed by atoms with E-state index in [2.05, 4.69) is 6.07 Å². The number of carbonyl (C=O) groups excluding carboxylic acids is 1. The molecule has 0 bridgehead atoms. The lowest BCUT2D eigenvalue weighted by atomic mass is 10.0. The zero-order valence-corrected chi connectivity index (χ0v) is 12.7. The van der Waals surface area contributed by atoms with Crippen molar-refractivity contribution >= 4 is 17.7 Å². The van der Waals surface area contributed by atoms with Gasteiger partial charge < -0.3 is 14.4 Å². The fourth-order valence-electron chi connectivity index (χ4n) is 3.04. The fourth-order valence-corrected chi connectivity index (χ4v) is 3.04. The van der Waals surface area contributed by atoms with E-state index in [4.69, 9.17) is 9.47 Å². The van der Waals surface area contributed by atoms with Crippen molar-refractivity contribution in [1.82, 2.24) is 0 Å². The van der Waals surface area contributed by atoms with Gasteiger partial charge in [0.15, 0.2) is 11.5 Å². The average Bonchev–Trinajstić information content (AvgIpc) is 3.07. The van der Waals surface area contributed by atoms with Crippen LogP contribution in [0.5, 0.6) is 11.5 Å². The van der Waals surface area contributed by atoms with Crippen molar-refractivity contribution in [2.45, 2.75) is 12.8 Å². The molecule has 4 nitrogen and oxygen atoms in total. The molecular formula is C19H17NO3. The molecule has 0 unspecified atom stereocenters. The number of ether oxygens (including phenoxy) is 2. The van der Waals surface area contributed by atoms with Crippen LogP contribution in [-0.4, -0.2) is 19.2 Å². The smallest absolute Gasteiger partial charge is 0.250 e. The fraction of sp³-hybridized carbons (Fsp3) is 0.211. The second-order valence-corrected chi connectivity index (χ2v) is 5.67. The first kappa shape index (κ1) is 13.9. The third kappa shape index (κ3) is 2.68. The summed E-state index contributed by atoms with van der Waals surface area (Å²) in [5.74, 6) is 1.48. The van der Waals surface area contributed by atoms with Crippen LogP contribution in [0.15, 0.2) is 48.5 Å². The van der Waals surface area contributed by atoms with Crippen molar-refractivity contribution in [1.29, 1.82) is 0 Å². The number of rotatable bonds is 2. The molecule has 0 N–H and O–H groups in total. The summed E-state index contributed by atoms with van der Waals surface area (Å²) in [5, 5.41) is 0. The molecule has 2 aliphatic rings. The van der Waals surface area contributed by atoms with Crippen LogP contribution >= 0.6 is 0 Å². The molecule has 2 aromatic rings. The summed E-state index contributed by atoms with van der Waals surface area (Å²) in [6.07, 6.45) is 5.48.